The van der Waals surface area contributed by atoms with E-state index in [9.17, 15) is 9.59 Å². The summed E-state index contributed by atoms with van der Waals surface area (Å²) in [6.07, 6.45) is 0.138. The van der Waals surface area contributed by atoms with Gasteiger partial charge in [-0.15, -0.1) is 0 Å². The predicted molar refractivity (Wildman–Crippen MR) is 109 cm³/mol. The topological polar surface area (TPSA) is 49.4 Å². The molecule has 3 aromatic rings. The number of hydrogen-bond donors (Lipinski definition) is 1. The average Bonchev–Trinajstić information content (AvgIpc) is 3.06. The Bertz CT molecular complexity index is 1050. The van der Waals surface area contributed by atoms with Crippen molar-refractivity contribution in [1.29, 1.82) is 0 Å². The summed E-state index contributed by atoms with van der Waals surface area (Å²) in [5, 5.41) is 5.68. The SMILES string of the molecule is O=C(Nc1cccc2ccccc12)[C@@H]1CC(=O)N(c2cccc(Cl)c2Cl)C1. The highest BCUT2D eigenvalue weighted by Gasteiger charge is 2.36. The van der Waals surface area contributed by atoms with Crippen molar-refractivity contribution in [2.75, 3.05) is 16.8 Å². The van der Waals surface area contributed by atoms with E-state index in [4.69, 9.17) is 23.2 Å². The molecular weight excluding hydrogens is 383 g/mol. The van der Waals surface area contributed by atoms with Crippen LogP contribution in [0.3, 0.4) is 0 Å². The van der Waals surface area contributed by atoms with Crippen LogP contribution in [0, 0.1) is 5.92 Å². The zero-order chi connectivity index (χ0) is 19.0. The lowest BCUT2D eigenvalue weighted by Crippen LogP contribution is -2.28. The normalized spacial score (nSPS) is 16.7. The van der Waals surface area contributed by atoms with Gasteiger partial charge in [-0.2, -0.15) is 0 Å². The van der Waals surface area contributed by atoms with Crippen LogP contribution < -0.4 is 10.2 Å². The molecular formula is C21H16Cl2N2O2. The quantitative estimate of drug-likeness (QED) is 0.663. The van der Waals surface area contributed by atoms with Gasteiger partial charge in [0, 0.05) is 24.0 Å². The number of fused-ring (bicyclic) bond motifs is 1. The molecule has 0 saturated carbocycles. The van der Waals surface area contributed by atoms with Crippen LogP contribution in [0.4, 0.5) is 11.4 Å². The molecule has 3 aromatic carbocycles. The van der Waals surface area contributed by atoms with Gasteiger partial charge in [-0.3, -0.25) is 9.59 Å². The molecule has 4 nitrogen and oxygen atoms in total. The van der Waals surface area contributed by atoms with Gasteiger partial charge >= 0.3 is 0 Å². The van der Waals surface area contributed by atoms with Crippen molar-refractivity contribution < 1.29 is 9.59 Å². The molecule has 1 saturated heterocycles. The first-order valence-electron chi connectivity index (χ1n) is 8.57. The van der Waals surface area contributed by atoms with Gasteiger partial charge in [0.05, 0.1) is 21.7 Å². The summed E-state index contributed by atoms with van der Waals surface area (Å²) in [6.45, 7) is 0.273. The van der Waals surface area contributed by atoms with Crippen molar-refractivity contribution >= 4 is 57.2 Å². The van der Waals surface area contributed by atoms with Crippen LogP contribution in [0.15, 0.2) is 60.7 Å². The Balaban J connectivity index is 1.55. The molecule has 1 heterocycles. The fourth-order valence-electron chi connectivity index (χ4n) is 3.39. The molecule has 27 heavy (non-hydrogen) atoms. The molecule has 2 amide bonds. The lowest BCUT2D eigenvalue weighted by Gasteiger charge is -2.18. The number of nitrogens with zero attached hydrogens (tertiary/aromatic N) is 1. The number of hydrogen-bond acceptors (Lipinski definition) is 2. The second-order valence-corrected chi connectivity index (χ2v) is 7.28. The van der Waals surface area contributed by atoms with Gasteiger partial charge in [-0.25, -0.2) is 0 Å². The zero-order valence-corrected chi connectivity index (χ0v) is 15.8. The predicted octanol–water partition coefficient (Wildman–Crippen LogP) is 5.14. The van der Waals surface area contributed by atoms with E-state index in [0.717, 1.165) is 16.5 Å². The molecule has 6 heteroatoms. The largest absolute Gasteiger partial charge is 0.325 e. The molecule has 0 aliphatic carbocycles. The molecule has 1 aliphatic heterocycles. The number of carbonyl (C=O) groups excluding carboxylic acids is 2. The van der Waals surface area contributed by atoms with E-state index in [2.05, 4.69) is 5.32 Å². The van der Waals surface area contributed by atoms with Crippen LogP contribution in [0.25, 0.3) is 10.8 Å². The second-order valence-electron chi connectivity index (χ2n) is 6.49. The van der Waals surface area contributed by atoms with Crippen molar-refractivity contribution in [1.82, 2.24) is 0 Å². The van der Waals surface area contributed by atoms with Crippen LogP contribution in [0.5, 0.6) is 0 Å². The maximum Gasteiger partial charge on any atom is 0.229 e. The summed E-state index contributed by atoms with van der Waals surface area (Å²) < 4.78 is 0. The number of benzene rings is 3. The smallest absolute Gasteiger partial charge is 0.229 e. The Kier molecular flexibility index (Phi) is 4.77. The zero-order valence-electron chi connectivity index (χ0n) is 14.3. The first-order valence-corrected chi connectivity index (χ1v) is 9.33. The minimum absolute atomic E-state index is 0.138. The van der Waals surface area contributed by atoms with Crippen molar-refractivity contribution in [2.24, 2.45) is 5.92 Å². The van der Waals surface area contributed by atoms with Gasteiger partial charge in [0.25, 0.3) is 0 Å². The third-order valence-corrected chi connectivity index (χ3v) is 5.57. The highest BCUT2D eigenvalue weighted by Crippen LogP contribution is 2.36. The molecule has 1 aliphatic rings. The van der Waals surface area contributed by atoms with Gasteiger partial charge in [-0.05, 0) is 23.6 Å². The number of rotatable bonds is 3. The second kappa shape index (κ2) is 7.22. The van der Waals surface area contributed by atoms with Crippen molar-refractivity contribution in [2.45, 2.75) is 6.42 Å². The number of anilines is 2. The Hall–Kier alpha value is -2.56. The van der Waals surface area contributed by atoms with E-state index in [1.807, 2.05) is 42.5 Å². The third-order valence-electron chi connectivity index (χ3n) is 4.77. The standard InChI is InChI=1S/C21H16Cl2N2O2/c22-16-8-4-10-18(20(16)23)25-12-14(11-19(25)26)21(27)24-17-9-3-6-13-5-1-2-7-15(13)17/h1-10,14H,11-12H2,(H,24,27)/t14-/m1/s1. The summed E-state index contributed by atoms with van der Waals surface area (Å²) in [5.41, 5.74) is 1.28. The summed E-state index contributed by atoms with van der Waals surface area (Å²) in [7, 11) is 0. The Morgan fingerprint density at radius 2 is 1.74 bits per heavy atom. The molecule has 0 spiro atoms. The molecule has 1 fully saturated rings. The first kappa shape index (κ1) is 17.8. The van der Waals surface area contributed by atoms with Crippen LogP contribution in [0.2, 0.25) is 10.0 Å². The molecule has 1 N–H and O–H groups in total. The highest BCUT2D eigenvalue weighted by atomic mass is 35.5. The van der Waals surface area contributed by atoms with E-state index >= 15 is 0 Å². The lowest BCUT2D eigenvalue weighted by molar-refractivity contribution is -0.122. The summed E-state index contributed by atoms with van der Waals surface area (Å²) >= 11 is 12.3. The lowest BCUT2D eigenvalue weighted by atomic mass is 10.1. The van der Waals surface area contributed by atoms with Gasteiger partial charge in [0.1, 0.15) is 0 Å². The fraction of sp³-hybridized carbons (Fsp3) is 0.143. The van der Waals surface area contributed by atoms with E-state index in [1.54, 1.807) is 18.2 Å². The number of nitrogens with one attached hydrogen (secondary N) is 1. The molecule has 4 rings (SSSR count). The summed E-state index contributed by atoms with van der Waals surface area (Å²) in [6, 6.07) is 18.7. The number of amides is 2. The third kappa shape index (κ3) is 3.38. The molecule has 1 atom stereocenters. The summed E-state index contributed by atoms with van der Waals surface area (Å²) in [4.78, 5) is 26.8. The maximum atomic E-state index is 12.8. The van der Waals surface area contributed by atoms with Gasteiger partial charge in [-0.1, -0.05) is 65.7 Å². The molecule has 0 radical (unpaired) electrons. The molecule has 0 aromatic heterocycles. The van der Waals surface area contributed by atoms with E-state index in [-0.39, 0.29) is 24.8 Å². The van der Waals surface area contributed by atoms with E-state index in [1.165, 1.54) is 4.90 Å². The molecule has 136 valence electrons. The maximum absolute atomic E-state index is 12.8. The Labute approximate surface area is 166 Å². The number of halogens is 2. The minimum Gasteiger partial charge on any atom is -0.325 e. The van der Waals surface area contributed by atoms with E-state index in [0.29, 0.717) is 15.7 Å². The first-order chi connectivity index (χ1) is 13.0. The molecule has 0 unspecified atom stereocenters. The fourth-order valence-corrected chi connectivity index (χ4v) is 3.78. The average molecular weight is 399 g/mol. The monoisotopic (exact) mass is 398 g/mol. The highest BCUT2D eigenvalue weighted by molar-refractivity contribution is 6.44. The summed E-state index contributed by atoms with van der Waals surface area (Å²) in [5.74, 6) is -0.774. The molecule has 0 bridgehead atoms. The van der Waals surface area contributed by atoms with E-state index < -0.39 is 5.92 Å². The van der Waals surface area contributed by atoms with Gasteiger partial charge < -0.3 is 10.2 Å². The van der Waals surface area contributed by atoms with Gasteiger partial charge in [0.15, 0.2) is 0 Å². The van der Waals surface area contributed by atoms with Crippen LogP contribution in [0.1, 0.15) is 6.42 Å². The van der Waals surface area contributed by atoms with Crippen LogP contribution in [-0.2, 0) is 9.59 Å². The Morgan fingerprint density at radius 3 is 2.59 bits per heavy atom. The van der Waals surface area contributed by atoms with Crippen molar-refractivity contribution in [3.63, 3.8) is 0 Å². The number of carbonyl (C=O) groups is 2. The van der Waals surface area contributed by atoms with Crippen molar-refractivity contribution in [3.8, 4) is 0 Å². The van der Waals surface area contributed by atoms with Crippen molar-refractivity contribution in [3.05, 3.63) is 70.7 Å². The van der Waals surface area contributed by atoms with Crippen LogP contribution >= 0.6 is 23.2 Å². The minimum atomic E-state index is -0.452. The Morgan fingerprint density at radius 1 is 1.00 bits per heavy atom. The van der Waals surface area contributed by atoms with Crippen LogP contribution in [-0.4, -0.2) is 18.4 Å². The van der Waals surface area contributed by atoms with Gasteiger partial charge in [0.2, 0.25) is 11.8 Å².